The number of hydrogen-bond acceptors (Lipinski definition) is 1. The van der Waals surface area contributed by atoms with Crippen LogP contribution in [0.1, 0.15) is 33.1 Å². The molecule has 0 saturated heterocycles. The van der Waals surface area contributed by atoms with Crippen LogP contribution in [-0.2, 0) is 0 Å². The first-order valence-electron chi connectivity index (χ1n) is 4.55. The second kappa shape index (κ2) is 3.38. The zero-order chi connectivity index (χ0) is 7.56. The third kappa shape index (κ3) is 1.34. The molecular formula is C9H19N. The highest BCUT2D eigenvalue weighted by Gasteiger charge is 2.45. The maximum absolute atomic E-state index is 5.62. The van der Waals surface area contributed by atoms with Crippen molar-refractivity contribution in [3.8, 4) is 0 Å². The summed E-state index contributed by atoms with van der Waals surface area (Å²) in [5.74, 6) is 2.84. The predicted molar refractivity (Wildman–Crippen MR) is 44.7 cm³/mol. The fourth-order valence-electron chi connectivity index (χ4n) is 2.24. The molecule has 0 spiro atoms. The summed E-state index contributed by atoms with van der Waals surface area (Å²) in [6.45, 7) is 5.46. The summed E-state index contributed by atoms with van der Waals surface area (Å²) >= 11 is 0. The first kappa shape index (κ1) is 8.06. The lowest BCUT2D eigenvalue weighted by Crippen LogP contribution is -2.03. The molecule has 60 valence electrons. The van der Waals surface area contributed by atoms with Crippen molar-refractivity contribution in [2.45, 2.75) is 33.1 Å². The van der Waals surface area contributed by atoms with Crippen LogP contribution in [-0.4, -0.2) is 6.54 Å². The summed E-state index contributed by atoms with van der Waals surface area (Å²) in [7, 11) is 0. The fraction of sp³-hybridized carbons (Fsp3) is 1.00. The average molecular weight is 141 g/mol. The molecule has 0 aromatic carbocycles. The van der Waals surface area contributed by atoms with Gasteiger partial charge >= 0.3 is 0 Å². The molecule has 1 saturated carbocycles. The van der Waals surface area contributed by atoms with Gasteiger partial charge in [-0.15, -0.1) is 0 Å². The lowest BCUT2D eigenvalue weighted by Gasteiger charge is -1.90. The van der Waals surface area contributed by atoms with Crippen LogP contribution in [0, 0.1) is 17.8 Å². The van der Waals surface area contributed by atoms with Gasteiger partial charge in [-0.1, -0.05) is 33.1 Å². The molecule has 10 heavy (non-hydrogen) atoms. The Morgan fingerprint density at radius 1 is 1.10 bits per heavy atom. The zero-order valence-electron chi connectivity index (χ0n) is 7.14. The second-order valence-corrected chi connectivity index (χ2v) is 3.42. The van der Waals surface area contributed by atoms with Crippen molar-refractivity contribution < 1.29 is 0 Å². The lowest BCUT2D eigenvalue weighted by molar-refractivity contribution is 0.616. The molecule has 1 nitrogen and oxygen atoms in total. The van der Waals surface area contributed by atoms with E-state index in [2.05, 4.69) is 13.8 Å². The van der Waals surface area contributed by atoms with Gasteiger partial charge in [-0.3, -0.25) is 0 Å². The van der Waals surface area contributed by atoms with Crippen LogP contribution in [0.4, 0.5) is 0 Å². The molecule has 1 aliphatic carbocycles. The Morgan fingerprint density at radius 2 is 1.80 bits per heavy atom. The molecule has 0 radical (unpaired) electrons. The summed E-state index contributed by atoms with van der Waals surface area (Å²) in [6, 6.07) is 0. The summed E-state index contributed by atoms with van der Waals surface area (Å²) < 4.78 is 0. The average Bonchev–Trinajstić information content (AvgIpc) is 2.62. The number of hydrogen-bond donors (Lipinski definition) is 1. The van der Waals surface area contributed by atoms with E-state index in [9.17, 15) is 0 Å². The Bertz CT molecular complexity index is 90.9. The minimum atomic E-state index is 0.880. The van der Waals surface area contributed by atoms with E-state index >= 15 is 0 Å². The summed E-state index contributed by atoms with van der Waals surface area (Å²) in [5, 5.41) is 0. The van der Waals surface area contributed by atoms with Gasteiger partial charge in [-0.25, -0.2) is 0 Å². The van der Waals surface area contributed by atoms with E-state index < -0.39 is 0 Å². The van der Waals surface area contributed by atoms with Crippen molar-refractivity contribution in [1.82, 2.24) is 0 Å². The smallest absolute Gasteiger partial charge is 0.00434 e. The Morgan fingerprint density at radius 3 is 2.10 bits per heavy atom. The van der Waals surface area contributed by atoms with Crippen LogP contribution < -0.4 is 5.73 Å². The van der Waals surface area contributed by atoms with Gasteiger partial charge in [-0.05, 0) is 24.3 Å². The quantitative estimate of drug-likeness (QED) is 0.637. The standard InChI is InChI=1S/C9H19N/c1-3-5-8-7(4-2)9(8)6-10/h7-9H,3-6,10H2,1-2H3. The molecule has 0 bridgehead atoms. The monoisotopic (exact) mass is 141 g/mol. The Balaban J connectivity index is 2.22. The van der Waals surface area contributed by atoms with E-state index in [1.165, 1.54) is 19.3 Å². The minimum Gasteiger partial charge on any atom is -0.330 e. The SMILES string of the molecule is CCCC1C(CC)C1CN. The molecule has 0 aromatic rings. The molecule has 3 atom stereocenters. The molecule has 3 unspecified atom stereocenters. The van der Waals surface area contributed by atoms with Gasteiger partial charge in [0.05, 0.1) is 0 Å². The van der Waals surface area contributed by atoms with E-state index in [0.29, 0.717) is 0 Å². The highest BCUT2D eigenvalue weighted by atomic mass is 14.6. The van der Waals surface area contributed by atoms with Gasteiger partial charge in [-0.2, -0.15) is 0 Å². The van der Waals surface area contributed by atoms with E-state index in [-0.39, 0.29) is 0 Å². The van der Waals surface area contributed by atoms with Gasteiger partial charge < -0.3 is 5.73 Å². The number of nitrogens with two attached hydrogens (primary N) is 1. The van der Waals surface area contributed by atoms with Crippen LogP contribution in [0.5, 0.6) is 0 Å². The summed E-state index contributed by atoms with van der Waals surface area (Å²) in [5.41, 5.74) is 5.62. The van der Waals surface area contributed by atoms with Crippen molar-refractivity contribution in [2.75, 3.05) is 6.54 Å². The summed E-state index contributed by atoms with van der Waals surface area (Å²) in [6.07, 6.45) is 4.07. The first-order valence-corrected chi connectivity index (χ1v) is 4.55. The topological polar surface area (TPSA) is 26.0 Å². The molecule has 0 heterocycles. The molecule has 0 aliphatic heterocycles. The van der Waals surface area contributed by atoms with Gasteiger partial charge in [0.2, 0.25) is 0 Å². The van der Waals surface area contributed by atoms with E-state index in [1.54, 1.807) is 0 Å². The van der Waals surface area contributed by atoms with Crippen molar-refractivity contribution in [2.24, 2.45) is 23.5 Å². The van der Waals surface area contributed by atoms with Gasteiger partial charge in [0.15, 0.2) is 0 Å². The Labute approximate surface area is 64.0 Å². The fourth-order valence-corrected chi connectivity index (χ4v) is 2.24. The maximum atomic E-state index is 5.62. The van der Waals surface area contributed by atoms with Crippen molar-refractivity contribution in [3.63, 3.8) is 0 Å². The molecular weight excluding hydrogens is 122 g/mol. The van der Waals surface area contributed by atoms with E-state index in [1.807, 2.05) is 0 Å². The molecule has 1 fully saturated rings. The maximum Gasteiger partial charge on any atom is -0.00434 e. The normalized spacial score (nSPS) is 38.1. The van der Waals surface area contributed by atoms with Gasteiger partial charge in [0.1, 0.15) is 0 Å². The lowest BCUT2D eigenvalue weighted by atomic mass is 10.2. The number of rotatable bonds is 4. The third-order valence-electron chi connectivity index (χ3n) is 2.87. The van der Waals surface area contributed by atoms with Gasteiger partial charge in [0, 0.05) is 0 Å². The highest BCUT2D eigenvalue weighted by molar-refractivity contribution is 4.95. The van der Waals surface area contributed by atoms with Crippen molar-refractivity contribution >= 4 is 0 Å². The van der Waals surface area contributed by atoms with Crippen LogP contribution in [0.25, 0.3) is 0 Å². The first-order chi connectivity index (χ1) is 4.85. The molecule has 1 heteroatoms. The Kier molecular flexibility index (Phi) is 2.72. The molecule has 0 aromatic heterocycles. The highest BCUT2D eigenvalue weighted by Crippen LogP contribution is 2.50. The summed E-state index contributed by atoms with van der Waals surface area (Å²) in [4.78, 5) is 0. The minimum absolute atomic E-state index is 0.880. The third-order valence-corrected chi connectivity index (χ3v) is 2.87. The zero-order valence-corrected chi connectivity index (χ0v) is 7.14. The van der Waals surface area contributed by atoms with Crippen LogP contribution in [0.3, 0.4) is 0 Å². The van der Waals surface area contributed by atoms with E-state index in [0.717, 1.165) is 24.3 Å². The Hall–Kier alpha value is -0.0400. The predicted octanol–water partition coefficient (Wildman–Crippen LogP) is 2.02. The van der Waals surface area contributed by atoms with E-state index in [4.69, 9.17) is 5.73 Å². The molecule has 2 N–H and O–H groups in total. The van der Waals surface area contributed by atoms with Crippen LogP contribution in [0.2, 0.25) is 0 Å². The van der Waals surface area contributed by atoms with Crippen molar-refractivity contribution in [1.29, 1.82) is 0 Å². The molecule has 1 rings (SSSR count). The largest absolute Gasteiger partial charge is 0.330 e. The van der Waals surface area contributed by atoms with Crippen molar-refractivity contribution in [3.05, 3.63) is 0 Å². The second-order valence-electron chi connectivity index (χ2n) is 3.42. The van der Waals surface area contributed by atoms with Gasteiger partial charge in [0.25, 0.3) is 0 Å². The molecule has 1 aliphatic rings. The van der Waals surface area contributed by atoms with Crippen LogP contribution >= 0.6 is 0 Å². The molecule has 0 amide bonds. The van der Waals surface area contributed by atoms with Crippen LogP contribution in [0.15, 0.2) is 0 Å².